The van der Waals surface area contributed by atoms with Crippen LogP contribution in [0.2, 0.25) is 0 Å². The first-order valence-corrected chi connectivity index (χ1v) is 15.6. The van der Waals surface area contributed by atoms with E-state index in [0.717, 1.165) is 5.56 Å². The van der Waals surface area contributed by atoms with E-state index < -0.39 is 71.6 Å². The van der Waals surface area contributed by atoms with E-state index in [1.165, 1.54) is 4.90 Å². The van der Waals surface area contributed by atoms with E-state index in [1.807, 2.05) is 56.3 Å². The Labute approximate surface area is 272 Å². The number of esters is 1. The number of hydrogen-bond acceptors (Lipinski definition) is 7. The van der Waals surface area contributed by atoms with Crippen molar-refractivity contribution < 1.29 is 33.4 Å². The van der Waals surface area contributed by atoms with Gasteiger partial charge in [-0.05, 0) is 78.5 Å². The van der Waals surface area contributed by atoms with Crippen LogP contribution >= 0.6 is 0 Å². The summed E-state index contributed by atoms with van der Waals surface area (Å²) in [6, 6.07) is 12.0. The van der Waals surface area contributed by atoms with Crippen molar-refractivity contribution in [3.63, 3.8) is 0 Å². The van der Waals surface area contributed by atoms with Crippen LogP contribution in [0.15, 0.2) is 54.6 Å². The van der Waals surface area contributed by atoms with Crippen molar-refractivity contribution in [3.05, 3.63) is 71.3 Å². The van der Waals surface area contributed by atoms with Gasteiger partial charge in [0.05, 0.1) is 6.42 Å². The van der Waals surface area contributed by atoms with E-state index in [-0.39, 0.29) is 6.42 Å². The standard InChI is InChI=1S/C35H50N4O7/c1-10-23(3)39(31(42)26(21-28(36)40)38-33(44)46-35(7,8)9)29(25-19-15-14-16-22(25)2)30(41)37-27(32(43)45-34(4,5)6)20-24-17-12-11-13-18-24/h11-19,23,26-27,29H,10,20-21H2,1-9H3,(H2,36,40)(H,37,41)(H,38,44). The smallest absolute Gasteiger partial charge is 0.408 e. The average molecular weight is 639 g/mol. The van der Waals surface area contributed by atoms with Crippen LogP contribution in [0.25, 0.3) is 0 Å². The Bertz CT molecular complexity index is 1360. The molecule has 11 heteroatoms. The second kappa shape index (κ2) is 16.2. The number of amides is 4. The Hall–Kier alpha value is -4.41. The van der Waals surface area contributed by atoms with E-state index in [9.17, 15) is 24.0 Å². The Morgan fingerprint density at radius 1 is 0.826 bits per heavy atom. The van der Waals surface area contributed by atoms with Crippen LogP contribution in [0.1, 0.15) is 91.0 Å². The molecule has 46 heavy (non-hydrogen) atoms. The Morgan fingerprint density at radius 2 is 1.39 bits per heavy atom. The Kier molecular flexibility index (Phi) is 13.3. The van der Waals surface area contributed by atoms with Gasteiger partial charge >= 0.3 is 12.1 Å². The fourth-order valence-electron chi connectivity index (χ4n) is 4.80. The average Bonchev–Trinajstić information content (AvgIpc) is 2.93. The largest absolute Gasteiger partial charge is 0.458 e. The van der Waals surface area contributed by atoms with E-state index in [2.05, 4.69) is 10.6 Å². The highest BCUT2D eigenvalue weighted by Gasteiger charge is 2.41. The molecule has 0 saturated carbocycles. The number of nitrogens with one attached hydrogen (secondary N) is 2. The summed E-state index contributed by atoms with van der Waals surface area (Å²) in [5, 5.41) is 5.35. The molecule has 0 bridgehead atoms. The summed E-state index contributed by atoms with van der Waals surface area (Å²) in [5.41, 5.74) is 5.83. The highest BCUT2D eigenvalue weighted by atomic mass is 16.6. The zero-order chi connectivity index (χ0) is 34.8. The Balaban J connectivity index is 2.65. The monoisotopic (exact) mass is 638 g/mol. The molecule has 4 N–H and O–H groups in total. The first kappa shape index (κ1) is 37.8. The minimum Gasteiger partial charge on any atom is -0.458 e. The SMILES string of the molecule is CCC(C)N(C(=O)C(CC(N)=O)NC(=O)OC(C)(C)C)C(C(=O)NC(Cc1ccccc1)C(=O)OC(C)(C)C)c1ccccc1C. The first-order chi connectivity index (χ1) is 21.3. The van der Waals surface area contributed by atoms with Crippen LogP contribution in [-0.2, 0) is 35.1 Å². The lowest BCUT2D eigenvalue weighted by Gasteiger charge is -2.39. The molecule has 4 unspecified atom stereocenters. The van der Waals surface area contributed by atoms with Gasteiger partial charge in [-0.25, -0.2) is 9.59 Å². The van der Waals surface area contributed by atoms with Gasteiger partial charge < -0.3 is 30.7 Å². The van der Waals surface area contributed by atoms with Gasteiger partial charge in [0, 0.05) is 12.5 Å². The van der Waals surface area contributed by atoms with Crippen LogP contribution in [0.5, 0.6) is 0 Å². The summed E-state index contributed by atoms with van der Waals surface area (Å²) < 4.78 is 11.0. The van der Waals surface area contributed by atoms with Gasteiger partial charge in [0.15, 0.2) is 0 Å². The maximum atomic E-state index is 14.5. The molecule has 11 nitrogen and oxygen atoms in total. The summed E-state index contributed by atoms with van der Waals surface area (Å²) in [6.07, 6.45) is -0.872. The van der Waals surface area contributed by atoms with E-state index >= 15 is 0 Å². The minimum atomic E-state index is -1.42. The topological polar surface area (TPSA) is 157 Å². The van der Waals surface area contributed by atoms with Crippen LogP contribution in [-0.4, -0.2) is 64.0 Å². The van der Waals surface area contributed by atoms with Gasteiger partial charge in [-0.3, -0.25) is 14.4 Å². The molecule has 2 aromatic rings. The predicted molar refractivity (Wildman–Crippen MR) is 175 cm³/mol. The second-order valence-electron chi connectivity index (χ2n) is 13.4. The molecule has 0 radical (unpaired) electrons. The molecule has 0 fully saturated rings. The third kappa shape index (κ3) is 11.8. The molecule has 2 aromatic carbocycles. The highest BCUT2D eigenvalue weighted by molar-refractivity contribution is 5.96. The molecular formula is C35H50N4O7. The van der Waals surface area contributed by atoms with E-state index in [4.69, 9.17) is 15.2 Å². The molecule has 4 amide bonds. The first-order valence-electron chi connectivity index (χ1n) is 15.6. The quantitative estimate of drug-likeness (QED) is 0.273. The number of rotatable bonds is 13. The van der Waals surface area contributed by atoms with Crippen LogP contribution in [0.3, 0.4) is 0 Å². The number of aryl methyl sites for hydroxylation is 1. The number of benzene rings is 2. The molecule has 0 aliphatic rings. The molecule has 0 aromatic heterocycles. The lowest BCUT2D eigenvalue weighted by Crippen LogP contribution is -2.57. The van der Waals surface area contributed by atoms with E-state index in [1.54, 1.807) is 60.6 Å². The number of hydrogen-bond donors (Lipinski definition) is 3. The molecule has 252 valence electrons. The van der Waals surface area contributed by atoms with Crippen LogP contribution < -0.4 is 16.4 Å². The molecule has 2 rings (SSSR count). The van der Waals surface area contributed by atoms with Crippen molar-refractivity contribution in [2.75, 3.05) is 0 Å². The third-order valence-electron chi connectivity index (χ3n) is 7.01. The van der Waals surface area contributed by atoms with Gasteiger partial charge in [0.25, 0.3) is 0 Å². The molecule has 0 aliphatic carbocycles. The number of alkyl carbamates (subject to hydrolysis) is 1. The van der Waals surface area contributed by atoms with Gasteiger partial charge in [0.2, 0.25) is 17.7 Å². The zero-order valence-electron chi connectivity index (χ0n) is 28.5. The molecule has 0 saturated heterocycles. The molecule has 4 atom stereocenters. The zero-order valence-corrected chi connectivity index (χ0v) is 28.5. The van der Waals surface area contributed by atoms with Crippen molar-refractivity contribution in [1.29, 1.82) is 0 Å². The third-order valence-corrected chi connectivity index (χ3v) is 7.01. The number of ether oxygens (including phenoxy) is 2. The normalized spacial score (nSPS) is 14.2. The van der Waals surface area contributed by atoms with Crippen molar-refractivity contribution in [2.45, 2.75) is 117 Å². The fourth-order valence-corrected chi connectivity index (χ4v) is 4.80. The summed E-state index contributed by atoms with van der Waals surface area (Å²) in [4.78, 5) is 68.5. The molecular weight excluding hydrogens is 588 g/mol. The number of nitrogens with zero attached hydrogens (tertiary/aromatic N) is 1. The van der Waals surface area contributed by atoms with Gasteiger partial charge in [-0.15, -0.1) is 0 Å². The fraction of sp³-hybridized carbons (Fsp3) is 0.514. The summed E-state index contributed by atoms with van der Waals surface area (Å²) in [7, 11) is 0. The maximum Gasteiger partial charge on any atom is 0.408 e. The number of carbonyl (C=O) groups excluding carboxylic acids is 5. The molecule has 0 spiro atoms. The number of nitrogens with two attached hydrogens (primary N) is 1. The summed E-state index contributed by atoms with van der Waals surface area (Å²) in [5.74, 6) is -2.81. The molecule has 0 aliphatic heterocycles. The van der Waals surface area contributed by atoms with Crippen molar-refractivity contribution in [2.24, 2.45) is 5.73 Å². The second-order valence-corrected chi connectivity index (χ2v) is 13.4. The predicted octanol–water partition coefficient (Wildman–Crippen LogP) is 4.50. The molecule has 0 heterocycles. The van der Waals surface area contributed by atoms with Crippen LogP contribution in [0, 0.1) is 6.92 Å². The summed E-state index contributed by atoms with van der Waals surface area (Å²) >= 11 is 0. The van der Waals surface area contributed by atoms with Crippen LogP contribution in [0.4, 0.5) is 4.79 Å². The highest BCUT2D eigenvalue weighted by Crippen LogP contribution is 2.29. The maximum absolute atomic E-state index is 14.5. The van der Waals surface area contributed by atoms with Gasteiger partial charge in [0.1, 0.15) is 29.3 Å². The summed E-state index contributed by atoms with van der Waals surface area (Å²) in [6.45, 7) is 15.6. The minimum absolute atomic E-state index is 0.143. The van der Waals surface area contributed by atoms with E-state index in [0.29, 0.717) is 17.5 Å². The lowest BCUT2D eigenvalue weighted by atomic mass is 9.95. The van der Waals surface area contributed by atoms with Gasteiger partial charge in [-0.2, -0.15) is 0 Å². The van der Waals surface area contributed by atoms with Crippen molar-refractivity contribution in [1.82, 2.24) is 15.5 Å². The number of primary amides is 1. The van der Waals surface area contributed by atoms with Gasteiger partial charge in [-0.1, -0.05) is 61.5 Å². The lowest BCUT2D eigenvalue weighted by molar-refractivity contribution is -0.159. The number of carbonyl (C=O) groups is 5. The van der Waals surface area contributed by atoms with Crippen molar-refractivity contribution >= 4 is 29.8 Å². The van der Waals surface area contributed by atoms with Crippen molar-refractivity contribution in [3.8, 4) is 0 Å². The Morgan fingerprint density at radius 3 is 1.91 bits per heavy atom.